The average Bonchev–Trinajstić information content (AvgIpc) is 2.32. The molecule has 0 saturated carbocycles. The van der Waals surface area contributed by atoms with Crippen LogP contribution in [0.15, 0.2) is 36.4 Å². The van der Waals surface area contributed by atoms with Crippen LogP contribution in [0.5, 0.6) is 0 Å². The topological polar surface area (TPSA) is 68.0 Å². The second kappa shape index (κ2) is 4.87. The Kier molecular flexibility index (Phi) is 3.28. The van der Waals surface area contributed by atoms with Gasteiger partial charge in [0.1, 0.15) is 5.69 Å². The van der Waals surface area contributed by atoms with E-state index in [4.69, 9.17) is 5.73 Å². The highest BCUT2D eigenvalue weighted by Gasteiger charge is 2.09. The molecule has 0 saturated heterocycles. The van der Waals surface area contributed by atoms with Crippen molar-refractivity contribution in [2.75, 3.05) is 11.1 Å². The van der Waals surface area contributed by atoms with Crippen molar-refractivity contribution in [3.8, 4) is 0 Å². The average molecular weight is 241 g/mol. The molecule has 2 rings (SSSR count). The highest BCUT2D eigenvalue weighted by molar-refractivity contribution is 6.03. The molecule has 0 aliphatic carbocycles. The first-order valence-corrected chi connectivity index (χ1v) is 5.67. The molecule has 4 heteroatoms. The largest absolute Gasteiger partial charge is 0.399 e. The lowest BCUT2D eigenvalue weighted by molar-refractivity contribution is 0.102. The van der Waals surface area contributed by atoms with E-state index < -0.39 is 0 Å². The fourth-order valence-electron chi connectivity index (χ4n) is 1.68. The third kappa shape index (κ3) is 2.66. The summed E-state index contributed by atoms with van der Waals surface area (Å²) in [6.07, 6.45) is 0. The van der Waals surface area contributed by atoms with Gasteiger partial charge in [-0.05, 0) is 49.7 Å². The summed E-state index contributed by atoms with van der Waals surface area (Å²) in [4.78, 5) is 16.2. The van der Waals surface area contributed by atoms with Crippen LogP contribution in [0.1, 0.15) is 21.7 Å². The van der Waals surface area contributed by atoms with Crippen molar-refractivity contribution in [1.82, 2.24) is 4.98 Å². The molecule has 0 radical (unpaired) electrons. The van der Waals surface area contributed by atoms with Gasteiger partial charge >= 0.3 is 0 Å². The standard InChI is InChI=1S/C14H15N3O/c1-9-8-11(15)6-7-12(9)17-14(18)13-5-3-4-10(2)16-13/h3-8H,15H2,1-2H3,(H,17,18). The lowest BCUT2D eigenvalue weighted by atomic mass is 10.1. The van der Waals surface area contributed by atoms with E-state index in [0.717, 1.165) is 16.9 Å². The van der Waals surface area contributed by atoms with E-state index in [1.807, 2.05) is 32.0 Å². The Bertz CT molecular complexity index is 593. The molecule has 0 atom stereocenters. The van der Waals surface area contributed by atoms with Crippen LogP contribution in [-0.4, -0.2) is 10.9 Å². The molecular weight excluding hydrogens is 226 g/mol. The molecule has 0 bridgehead atoms. The SMILES string of the molecule is Cc1cccc(C(=O)Nc2ccc(N)cc2C)n1. The first-order chi connectivity index (χ1) is 8.56. The van der Waals surface area contributed by atoms with Gasteiger partial charge in [0.05, 0.1) is 0 Å². The fraction of sp³-hybridized carbons (Fsp3) is 0.143. The summed E-state index contributed by atoms with van der Waals surface area (Å²) in [6.45, 7) is 3.75. The minimum atomic E-state index is -0.216. The summed E-state index contributed by atoms with van der Waals surface area (Å²) < 4.78 is 0. The van der Waals surface area contributed by atoms with Gasteiger partial charge in [0.25, 0.3) is 5.91 Å². The molecule has 0 spiro atoms. The minimum Gasteiger partial charge on any atom is -0.399 e. The lowest BCUT2D eigenvalue weighted by Gasteiger charge is -2.08. The number of nitrogen functional groups attached to an aromatic ring is 1. The maximum absolute atomic E-state index is 12.0. The van der Waals surface area contributed by atoms with Crippen LogP contribution in [0, 0.1) is 13.8 Å². The number of carbonyl (C=O) groups excluding carboxylic acids is 1. The molecular formula is C14H15N3O. The van der Waals surface area contributed by atoms with E-state index in [-0.39, 0.29) is 5.91 Å². The Morgan fingerprint density at radius 2 is 2.00 bits per heavy atom. The van der Waals surface area contributed by atoms with Crippen LogP contribution in [0.2, 0.25) is 0 Å². The van der Waals surface area contributed by atoms with E-state index >= 15 is 0 Å². The number of nitrogens with zero attached hydrogens (tertiary/aromatic N) is 1. The predicted molar refractivity (Wildman–Crippen MR) is 72.5 cm³/mol. The summed E-state index contributed by atoms with van der Waals surface area (Å²) in [5, 5.41) is 2.82. The lowest BCUT2D eigenvalue weighted by Crippen LogP contribution is -2.14. The molecule has 1 aromatic carbocycles. The van der Waals surface area contributed by atoms with Gasteiger partial charge in [-0.2, -0.15) is 0 Å². The third-order valence-electron chi connectivity index (χ3n) is 2.62. The summed E-state index contributed by atoms with van der Waals surface area (Å²) >= 11 is 0. The first kappa shape index (κ1) is 12.1. The van der Waals surface area contributed by atoms with Crippen LogP contribution in [0.3, 0.4) is 0 Å². The second-order valence-electron chi connectivity index (χ2n) is 4.19. The van der Waals surface area contributed by atoms with Crippen LogP contribution in [-0.2, 0) is 0 Å². The zero-order valence-corrected chi connectivity index (χ0v) is 10.4. The number of anilines is 2. The number of pyridine rings is 1. The van der Waals surface area contributed by atoms with Crippen molar-refractivity contribution in [1.29, 1.82) is 0 Å². The van der Waals surface area contributed by atoms with E-state index in [1.165, 1.54) is 0 Å². The Balaban J connectivity index is 2.21. The minimum absolute atomic E-state index is 0.216. The zero-order valence-electron chi connectivity index (χ0n) is 10.4. The number of aromatic nitrogens is 1. The van der Waals surface area contributed by atoms with Crippen molar-refractivity contribution in [2.24, 2.45) is 0 Å². The normalized spacial score (nSPS) is 10.1. The Morgan fingerprint density at radius 3 is 2.67 bits per heavy atom. The molecule has 3 N–H and O–H groups in total. The fourth-order valence-corrected chi connectivity index (χ4v) is 1.68. The second-order valence-corrected chi connectivity index (χ2v) is 4.19. The Labute approximate surface area is 106 Å². The molecule has 92 valence electrons. The van der Waals surface area contributed by atoms with Gasteiger partial charge in [0.2, 0.25) is 0 Å². The maximum atomic E-state index is 12.0. The van der Waals surface area contributed by atoms with E-state index in [2.05, 4.69) is 10.3 Å². The third-order valence-corrected chi connectivity index (χ3v) is 2.62. The number of nitrogens with one attached hydrogen (secondary N) is 1. The van der Waals surface area contributed by atoms with Gasteiger partial charge in [-0.1, -0.05) is 6.07 Å². The molecule has 0 aliphatic heterocycles. The highest BCUT2D eigenvalue weighted by atomic mass is 16.1. The molecule has 1 amide bonds. The molecule has 1 aromatic heterocycles. The summed E-state index contributed by atoms with van der Waals surface area (Å²) in [5.41, 5.74) is 9.24. The molecule has 2 aromatic rings. The quantitative estimate of drug-likeness (QED) is 0.794. The van der Waals surface area contributed by atoms with E-state index in [1.54, 1.807) is 18.2 Å². The van der Waals surface area contributed by atoms with Crippen molar-refractivity contribution >= 4 is 17.3 Å². The number of amides is 1. The van der Waals surface area contributed by atoms with Crippen LogP contribution >= 0.6 is 0 Å². The van der Waals surface area contributed by atoms with Gasteiger partial charge in [0, 0.05) is 17.1 Å². The Morgan fingerprint density at radius 1 is 1.22 bits per heavy atom. The molecule has 0 unspecified atom stereocenters. The van der Waals surface area contributed by atoms with Crippen molar-refractivity contribution in [2.45, 2.75) is 13.8 Å². The Hall–Kier alpha value is -2.36. The van der Waals surface area contributed by atoms with Crippen molar-refractivity contribution in [3.05, 3.63) is 53.3 Å². The van der Waals surface area contributed by atoms with Crippen LogP contribution in [0.25, 0.3) is 0 Å². The van der Waals surface area contributed by atoms with E-state index in [9.17, 15) is 4.79 Å². The number of aryl methyl sites for hydroxylation is 2. The molecule has 0 fully saturated rings. The van der Waals surface area contributed by atoms with Gasteiger partial charge < -0.3 is 11.1 Å². The smallest absolute Gasteiger partial charge is 0.274 e. The maximum Gasteiger partial charge on any atom is 0.274 e. The van der Waals surface area contributed by atoms with Gasteiger partial charge in [-0.3, -0.25) is 4.79 Å². The number of carbonyl (C=O) groups is 1. The molecule has 4 nitrogen and oxygen atoms in total. The highest BCUT2D eigenvalue weighted by Crippen LogP contribution is 2.18. The summed E-state index contributed by atoms with van der Waals surface area (Å²) in [6, 6.07) is 10.7. The number of hydrogen-bond donors (Lipinski definition) is 2. The first-order valence-electron chi connectivity index (χ1n) is 5.67. The molecule has 1 heterocycles. The van der Waals surface area contributed by atoms with E-state index in [0.29, 0.717) is 11.4 Å². The number of benzene rings is 1. The van der Waals surface area contributed by atoms with Gasteiger partial charge in [-0.25, -0.2) is 4.98 Å². The monoisotopic (exact) mass is 241 g/mol. The zero-order chi connectivity index (χ0) is 13.1. The molecule has 0 aliphatic rings. The van der Waals surface area contributed by atoms with Gasteiger partial charge in [-0.15, -0.1) is 0 Å². The van der Waals surface area contributed by atoms with Gasteiger partial charge in [0.15, 0.2) is 0 Å². The predicted octanol–water partition coefficient (Wildman–Crippen LogP) is 2.53. The summed E-state index contributed by atoms with van der Waals surface area (Å²) in [7, 11) is 0. The van der Waals surface area contributed by atoms with Crippen LogP contribution in [0.4, 0.5) is 11.4 Å². The number of nitrogens with two attached hydrogens (primary N) is 1. The number of rotatable bonds is 2. The van der Waals surface area contributed by atoms with Crippen molar-refractivity contribution in [3.63, 3.8) is 0 Å². The van der Waals surface area contributed by atoms with Crippen LogP contribution < -0.4 is 11.1 Å². The molecule has 18 heavy (non-hydrogen) atoms. The summed E-state index contributed by atoms with van der Waals surface area (Å²) in [5.74, 6) is -0.216. The van der Waals surface area contributed by atoms with Crippen molar-refractivity contribution < 1.29 is 4.79 Å². The number of hydrogen-bond acceptors (Lipinski definition) is 3.